The third-order valence-electron chi connectivity index (χ3n) is 7.57. The molecule has 0 N–H and O–H groups in total. The Morgan fingerprint density at radius 2 is 1.07 bits per heavy atom. The van der Waals surface area contributed by atoms with Crippen molar-refractivity contribution in [2.75, 3.05) is 18.0 Å². The first kappa shape index (κ1) is 26.2. The molecule has 3 aromatic carbocycles. The lowest BCUT2D eigenvalue weighted by molar-refractivity contribution is 0.563. The number of hydrogen-bond donors (Lipinski definition) is 0. The van der Waals surface area contributed by atoms with Gasteiger partial charge in [-0.05, 0) is 61.0 Å². The quantitative estimate of drug-likeness (QED) is 0.164. The Hall–Kier alpha value is -5.70. The predicted octanol–water partition coefficient (Wildman–Crippen LogP) is 6.48. The normalized spacial score (nSPS) is 11.4. The summed E-state index contributed by atoms with van der Waals surface area (Å²) in [6, 6.07) is 21.1. The molecule has 0 amide bonds. The molecule has 0 bridgehead atoms. The number of aromatic nitrogens is 4. The molecular weight excluding hydrogens is 542 g/mol. The highest BCUT2D eigenvalue weighted by atomic mass is 16.4. The minimum Gasteiger partial charge on any atom is -0.422 e. The minimum atomic E-state index is -0.493. The zero-order chi connectivity index (χ0) is 29.5. The summed E-state index contributed by atoms with van der Waals surface area (Å²) in [5, 5.41) is 3.63. The van der Waals surface area contributed by atoms with E-state index in [2.05, 4.69) is 38.7 Å². The number of nitrogens with zero attached hydrogens (tertiary/aromatic N) is 5. The molecule has 0 saturated carbocycles. The van der Waals surface area contributed by atoms with Crippen molar-refractivity contribution in [3.63, 3.8) is 0 Å². The van der Waals surface area contributed by atoms with Gasteiger partial charge in [0.2, 0.25) is 0 Å². The van der Waals surface area contributed by atoms with Crippen molar-refractivity contribution in [3.05, 3.63) is 112 Å². The maximum atomic E-state index is 12.9. The van der Waals surface area contributed by atoms with Crippen LogP contribution < -0.4 is 16.2 Å². The maximum absolute atomic E-state index is 12.9. The topological polar surface area (TPSA) is 115 Å². The molecule has 210 valence electrons. The molecule has 7 rings (SSSR count). The monoisotopic (exact) mass is 567 g/mol. The summed E-state index contributed by atoms with van der Waals surface area (Å²) in [6.07, 6.45) is 6.08. The number of hydrogen-bond acceptors (Lipinski definition) is 9. The number of anilines is 1. The fourth-order valence-corrected chi connectivity index (χ4v) is 5.25. The molecule has 4 aromatic heterocycles. The maximum Gasteiger partial charge on any atom is 0.345 e. The molecule has 0 spiro atoms. The van der Waals surface area contributed by atoms with Crippen molar-refractivity contribution in [1.29, 1.82) is 0 Å². The van der Waals surface area contributed by atoms with Crippen LogP contribution in [0.2, 0.25) is 0 Å². The van der Waals surface area contributed by atoms with Gasteiger partial charge >= 0.3 is 11.3 Å². The largest absolute Gasteiger partial charge is 0.422 e. The van der Waals surface area contributed by atoms with Gasteiger partial charge in [0, 0.05) is 35.6 Å². The third-order valence-corrected chi connectivity index (χ3v) is 7.57. The van der Waals surface area contributed by atoms with E-state index in [1.807, 2.05) is 54.6 Å². The first-order valence-corrected chi connectivity index (χ1v) is 14.0. The van der Waals surface area contributed by atoms with E-state index >= 15 is 0 Å². The average molecular weight is 568 g/mol. The predicted molar refractivity (Wildman–Crippen MR) is 167 cm³/mol. The highest BCUT2D eigenvalue weighted by molar-refractivity contribution is 5.96. The van der Waals surface area contributed by atoms with Crippen LogP contribution in [0.25, 0.3) is 66.6 Å². The minimum absolute atomic E-state index is 0.315. The summed E-state index contributed by atoms with van der Waals surface area (Å²) in [5.41, 5.74) is 3.39. The summed E-state index contributed by atoms with van der Waals surface area (Å²) in [5.74, 6) is 0. The summed E-state index contributed by atoms with van der Waals surface area (Å²) < 4.78 is 11.3. The molecule has 0 atom stereocenters. The highest BCUT2D eigenvalue weighted by Crippen LogP contribution is 2.27. The summed E-state index contributed by atoms with van der Waals surface area (Å²) >= 11 is 0. The molecule has 0 unspecified atom stereocenters. The number of benzene rings is 3. The number of fused-ring (bicyclic) bond motifs is 3. The van der Waals surface area contributed by atoms with Crippen molar-refractivity contribution in [3.8, 4) is 33.9 Å². The Morgan fingerprint density at radius 3 is 1.63 bits per heavy atom. The SMILES string of the molecule is CCN(CC)c1ccc2cc(-c3cnc(-c4cnc(-c5cc6cc7ccccc7cc6oc5=O)cn4)cn3)c(=O)oc2c1. The Labute approximate surface area is 245 Å². The molecule has 0 aliphatic heterocycles. The van der Waals surface area contributed by atoms with E-state index < -0.39 is 11.3 Å². The zero-order valence-corrected chi connectivity index (χ0v) is 23.4. The lowest BCUT2D eigenvalue weighted by Gasteiger charge is -2.21. The van der Waals surface area contributed by atoms with Gasteiger partial charge in [-0.15, -0.1) is 0 Å². The zero-order valence-electron chi connectivity index (χ0n) is 23.4. The van der Waals surface area contributed by atoms with Crippen LogP contribution in [-0.4, -0.2) is 33.0 Å². The second-order valence-electron chi connectivity index (χ2n) is 10.1. The molecular formula is C34H25N5O4. The molecule has 0 aliphatic carbocycles. The molecule has 4 heterocycles. The van der Waals surface area contributed by atoms with Crippen LogP contribution in [0.5, 0.6) is 0 Å². The third kappa shape index (κ3) is 4.80. The standard InChI is InChI=1S/C34H25N5O4/c1-3-39(4-2)24-10-9-22-12-25(33(40)43-32(22)15-24)27-16-37-29(18-35-27)30-19-36-28(17-38-30)26-13-23-11-20-7-5-6-8-21(20)14-31(23)42-34(26)41/h5-19H,3-4H2,1-2H3. The second-order valence-corrected chi connectivity index (χ2v) is 10.1. The van der Waals surface area contributed by atoms with Crippen molar-refractivity contribution in [2.24, 2.45) is 0 Å². The van der Waals surface area contributed by atoms with E-state index in [-0.39, 0.29) is 0 Å². The van der Waals surface area contributed by atoms with Gasteiger partial charge in [-0.2, -0.15) is 0 Å². The van der Waals surface area contributed by atoms with Gasteiger partial charge in [0.1, 0.15) is 22.6 Å². The van der Waals surface area contributed by atoms with E-state index in [0.29, 0.717) is 45.1 Å². The second kappa shape index (κ2) is 10.6. The van der Waals surface area contributed by atoms with Gasteiger partial charge < -0.3 is 13.7 Å². The first-order chi connectivity index (χ1) is 21.0. The van der Waals surface area contributed by atoms with Crippen molar-refractivity contribution >= 4 is 38.4 Å². The lowest BCUT2D eigenvalue weighted by Crippen LogP contribution is -2.21. The fourth-order valence-electron chi connectivity index (χ4n) is 5.25. The highest BCUT2D eigenvalue weighted by Gasteiger charge is 2.14. The molecule has 9 heteroatoms. The van der Waals surface area contributed by atoms with Gasteiger partial charge in [0.25, 0.3) is 0 Å². The van der Waals surface area contributed by atoms with E-state index in [4.69, 9.17) is 8.83 Å². The van der Waals surface area contributed by atoms with E-state index in [9.17, 15) is 9.59 Å². The van der Waals surface area contributed by atoms with Crippen molar-refractivity contribution < 1.29 is 8.83 Å². The van der Waals surface area contributed by atoms with Gasteiger partial charge in [-0.3, -0.25) is 19.9 Å². The van der Waals surface area contributed by atoms with Crippen molar-refractivity contribution in [2.45, 2.75) is 13.8 Å². The Bertz CT molecular complexity index is 2250. The molecule has 0 aliphatic rings. The van der Waals surface area contributed by atoms with Crippen LogP contribution in [0.3, 0.4) is 0 Å². The first-order valence-electron chi connectivity index (χ1n) is 14.0. The van der Waals surface area contributed by atoms with E-state index in [0.717, 1.165) is 40.3 Å². The molecule has 43 heavy (non-hydrogen) atoms. The summed E-state index contributed by atoms with van der Waals surface area (Å²) in [6.45, 7) is 5.88. The van der Waals surface area contributed by atoms with Gasteiger partial charge in [0.05, 0.1) is 47.3 Å². The van der Waals surface area contributed by atoms with Crippen LogP contribution >= 0.6 is 0 Å². The molecule has 9 nitrogen and oxygen atoms in total. The molecule has 0 radical (unpaired) electrons. The Morgan fingerprint density at radius 1 is 0.558 bits per heavy atom. The lowest BCUT2D eigenvalue weighted by atomic mass is 10.1. The van der Waals surface area contributed by atoms with E-state index in [1.165, 1.54) is 24.8 Å². The Balaban J connectivity index is 1.16. The van der Waals surface area contributed by atoms with Gasteiger partial charge in [0.15, 0.2) is 0 Å². The molecule has 0 saturated heterocycles. The van der Waals surface area contributed by atoms with Crippen molar-refractivity contribution in [1.82, 2.24) is 19.9 Å². The van der Waals surface area contributed by atoms with Crippen LogP contribution in [0.15, 0.2) is 110 Å². The van der Waals surface area contributed by atoms with Gasteiger partial charge in [-0.1, -0.05) is 24.3 Å². The Kier molecular flexibility index (Phi) is 6.47. The average Bonchev–Trinajstić information content (AvgIpc) is 3.04. The van der Waals surface area contributed by atoms with Gasteiger partial charge in [-0.25, -0.2) is 9.59 Å². The fraction of sp³-hybridized carbons (Fsp3) is 0.118. The van der Waals surface area contributed by atoms with Crippen LogP contribution in [0.4, 0.5) is 5.69 Å². The molecule has 7 aromatic rings. The van der Waals surface area contributed by atoms with Crippen LogP contribution in [0, 0.1) is 0 Å². The smallest absolute Gasteiger partial charge is 0.345 e. The van der Waals surface area contributed by atoms with Crippen LogP contribution in [0.1, 0.15) is 13.8 Å². The van der Waals surface area contributed by atoms with Crippen LogP contribution in [-0.2, 0) is 0 Å². The van der Waals surface area contributed by atoms with E-state index in [1.54, 1.807) is 12.1 Å². The summed E-state index contributed by atoms with van der Waals surface area (Å²) in [7, 11) is 0. The molecule has 0 fully saturated rings. The summed E-state index contributed by atoms with van der Waals surface area (Å²) in [4.78, 5) is 45.7. The number of rotatable bonds is 6.